The number of hydrogen-bond acceptors (Lipinski definition) is 4. The van der Waals surface area contributed by atoms with Gasteiger partial charge < -0.3 is 14.1 Å². The summed E-state index contributed by atoms with van der Waals surface area (Å²) in [6, 6.07) is 6.04. The van der Waals surface area contributed by atoms with E-state index < -0.39 is 29.6 Å². The molecule has 5 nitrogen and oxygen atoms in total. The van der Waals surface area contributed by atoms with Gasteiger partial charge in [-0.15, -0.1) is 0 Å². The summed E-state index contributed by atoms with van der Waals surface area (Å²) in [5.41, 5.74) is 0.627. The fourth-order valence-electron chi connectivity index (χ4n) is 3.00. The average Bonchev–Trinajstić information content (AvgIpc) is 2.99. The maximum absolute atomic E-state index is 14.3. The van der Waals surface area contributed by atoms with Crippen LogP contribution in [0.1, 0.15) is 27.7 Å². The van der Waals surface area contributed by atoms with E-state index in [1.165, 1.54) is 7.05 Å². The molecule has 0 bridgehead atoms. The predicted octanol–water partition coefficient (Wildman–Crippen LogP) is 4.66. The van der Waals surface area contributed by atoms with E-state index in [9.17, 15) is 18.4 Å². The SMILES string of the molecule is COC(=O)[C@H](c1cc(F)ccc1F)N(C)C(=O)c1oc2ccc(Cl)cc2c1C. The number of amides is 1. The van der Waals surface area contributed by atoms with Crippen LogP contribution < -0.4 is 0 Å². The van der Waals surface area contributed by atoms with Crippen molar-refractivity contribution in [1.29, 1.82) is 0 Å². The van der Waals surface area contributed by atoms with E-state index in [4.69, 9.17) is 20.8 Å². The van der Waals surface area contributed by atoms with Gasteiger partial charge in [0.25, 0.3) is 5.91 Å². The molecular formula is C20H16ClF2NO4. The van der Waals surface area contributed by atoms with Gasteiger partial charge in [-0.2, -0.15) is 0 Å². The number of fused-ring (bicyclic) bond motifs is 1. The second-order valence-electron chi connectivity index (χ2n) is 6.20. The molecule has 146 valence electrons. The van der Waals surface area contributed by atoms with Crippen molar-refractivity contribution in [3.63, 3.8) is 0 Å². The molecule has 0 aliphatic rings. The molecule has 8 heteroatoms. The third-order valence-corrected chi connectivity index (χ3v) is 4.71. The molecule has 0 saturated carbocycles. The highest BCUT2D eigenvalue weighted by atomic mass is 35.5. The molecule has 0 aliphatic heterocycles. The first-order valence-electron chi connectivity index (χ1n) is 8.23. The van der Waals surface area contributed by atoms with E-state index in [1.807, 2.05) is 0 Å². The van der Waals surface area contributed by atoms with Gasteiger partial charge in [-0.05, 0) is 43.3 Å². The van der Waals surface area contributed by atoms with E-state index >= 15 is 0 Å². The molecule has 3 rings (SSSR count). The van der Waals surface area contributed by atoms with Crippen LogP contribution in [0.3, 0.4) is 0 Å². The van der Waals surface area contributed by atoms with E-state index in [0.717, 1.165) is 30.2 Å². The number of aryl methyl sites for hydroxylation is 1. The number of carbonyl (C=O) groups excluding carboxylic acids is 2. The van der Waals surface area contributed by atoms with Gasteiger partial charge in [0.2, 0.25) is 0 Å². The third-order valence-electron chi connectivity index (χ3n) is 4.48. The van der Waals surface area contributed by atoms with Crippen LogP contribution in [-0.4, -0.2) is 30.9 Å². The van der Waals surface area contributed by atoms with Gasteiger partial charge in [0, 0.05) is 28.6 Å². The summed E-state index contributed by atoms with van der Waals surface area (Å²) < 4.78 is 38.3. The number of nitrogens with zero attached hydrogens (tertiary/aromatic N) is 1. The lowest BCUT2D eigenvalue weighted by atomic mass is 10.0. The maximum atomic E-state index is 14.3. The van der Waals surface area contributed by atoms with Crippen molar-refractivity contribution >= 4 is 34.4 Å². The quantitative estimate of drug-likeness (QED) is 0.590. The number of ether oxygens (including phenoxy) is 1. The minimum Gasteiger partial charge on any atom is -0.467 e. The van der Waals surface area contributed by atoms with Crippen molar-refractivity contribution in [1.82, 2.24) is 4.90 Å². The molecule has 0 fully saturated rings. The summed E-state index contributed by atoms with van der Waals surface area (Å²) in [6.45, 7) is 1.67. The minimum atomic E-state index is -1.50. The van der Waals surface area contributed by atoms with Crippen LogP contribution in [0.2, 0.25) is 5.02 Å². The largest absolute Gasteiger partial charge is 0.467 e. The Morgan fingerprint density at radius 2 is 1.89 bits per heavy atom. The fraction of sp³-hybridized carbons (Fsp3) is 0.200. The average molecular weight is 408 g/mol. The summed E-state index contributed by atoms with van der Waals surface area (Å²) >= 11 is 5.99. The zero-order valence-corrected chi connectivity index (χ0v) is 16.0. The molecule has 1 amide bonds. The first-order chi connectivity index (χ1) is 13.2. The van der Waals surface area contributed by atoms with Crippen LogP contribution in [0.4, 0.5) is 8.78 Å². The normalized spacial score (nSPS) is 12.1. The molecule has 1 atom stereocenters. The number of esters is 1. The number of furan rings is 1. The molecule has 0 radical (unpaired) electrons. The van der Waals surface area contributed by atoms with Gasteiger partial charge in [0.05, 0.1) is 7.11 Å². The third kappa shape index (κ3) is 3.45. The molecule has 3 aromatic rings. The van der Waals surface area contributed by atoms with Crippen molar-refractivity contribution in [2.75, 3.05) is 14.2 Å². The summed E-state index contributed by atoms with van der Waals surface area (Å²) in [4.78, 5) is 26.3. The second kappa shape index (κ2) is 7.59. The van der Waals surface area contributed by atoms with Crippen molar-refractivity contribution in [2.24, 2.45) is 0 Å². The van der Waals surface area contributed by atoms with E-state index in [-0.39, 0.29) is 11.3 Å². The van der Waals surface area contributed by atoms with Crippen LogP contribution in [0.25, 0.3) is 11.0 Å². The molecule has 1 aromatic heterocycles. The number of methoxy groups -OCH3 is 1. The van der Waals surface area contributed by atoms with Gasteiger partial charge in [-0.3, -0.25) is 4.79 Å². The van der Waals surface area contributed by atoms with Gasteiger partial charge in [-0.1, -0.05) is 11.6 Å². The van der Waals surface area contributed by atoms with Gasteiger partial charge in [0.1, 0.15) is 17.2 Å². The Bertz CT molecular complexity index is 1080. The fourth-order valence-corrected chi connectivity index (χ4v) is 3.18. The predicted molar refractivity (Wildman–Crippen MR) is 99.2 cm³/mol. The highest BCUT2D eigenvalue weighted by molar-refractivity contribution is 6.31. The number of carbonyl (C=O) groups is 2. The molecule has 0 aliphatic carbocycles. The molecule has 0 N–H and O–H groups in total. The van der Waals surface area contributed by atoms with Crippen molar-refractivity contribution in [2.45, 2.75) is 13.0 Å². The van der Waals surface area contributed by atoms with Crippen LogP contribution in [0.15, 0.2) is 40.8 Å². The molecule has 0 unspecified atom stereocenters. The Hall–Kier alpha value is -2.93. The van der Waals surface area contributed by atoms with Crippen LogP contribution >= 0.6 is 11.6 Å². The van der Waals surface area contributed by atoms with Crippen molar-refractivity contribution in [3.8, 4) is 0 Å². The van der Waals surface area contributed by atoms with Gasteiger partial charge in [-0.25, -0.2) is 13.6 Å². The summed E-state index contributed by atoms with van der Waals surface area (Å²) in [7, 11) is 2.38. The lowest BCUT2D eigenvalue weighted by Crippen LogP contribution is -2.37. The first-order valence-corrected chi connectivity index (χ1v) is 8.61. The molecule has 2 aromatic carbocycles. The Labute approximate surface area is 164 Å². The Balaban J connectivity index is 2.07. The Morgan fingerprint density at radius 3 is 2.57 bits per heavy atom. The first kappa shape index (κ1) is 19.8. The smallest absolute Gasteiger partial charge is 0.333 e. The second-order valence-corrected chi connectivity index (χ2v) is 6.64. The van der Waals surface area contributed by atoms with E-state index in [2.05, 4.69) is 0 Å². The van der Waals surface area contributed by atoms with Crippen molar-refractivity contribution in [3.05, 3.63) is 69.9 Å². The number of hydrogen-bond donors (Lipinski definition) is 0. The summed E-state index contributed by atoms with van der Waals surface area (Å²) in [5.74, 6) is -3.24. The lowest BCUT2D eigenvalue weighted by Gasteiger charge is -2.26. The van der Waals surface area contributed by atoms with Gasteiger partial charge in [0.15, 0.2) is 11.8 Å². The number of likely N-dealkylation sites (N-methyl/N-ethyl adjacent to an activating group) is 1. The van der Waals surface area contributed by atoms with Crippen LogP contribution in [-0.2, 0) is 9.53 Å². The highest BCUT2D eigenvalue weighted by Crippen LogP contribution is 2.31. The zero-order chi connectivity index (χ0) is 20.6. The lowest BCUT2D eigenvalue weighted by molar-refractivity contribution is -0.146. The maximum Gasteiger partial charge on any atom is 0.333 e. The summed E-state index contributed by atoms with van der Waals surface area (Å²) in [6.07, 6.45) is 0. The number of benzene rings is 2. The van der Waals surface area contributed by atoms with Crippen LogP contribution in [0, 0.1) is 18.6 Å². The molecule has 0 saturated heterocycles. The number of halogens is 3. The van der Waals surface area contributed by atoms with Gasteiger partial charge >= 0.3 is 5.97 Å². The van der Waals surface area contributed by atoms with Crippen molar-refractivity contribution < 1.29 is 27.5 Å². The topological polar surface area (TPSA) is 59.8 Å². The standard InChI is InChI=1S/C20H16ClF2NO4/c1-10-13-8-11(21)4-7-16(13)28-18(10)19(25)24(2)17(20(26)27-3)14-9-12(22)5-6-15(14)23/h4-9,17H,1-3H3/t17-/m0/s1. The summed E-state index contributed by atoms with van der Waals surface area (Å²) in [5, 5.41) is 1.11. The minimum absolute atomic E-state index is 0.0366. The molecule has 28 heavy (non-hydrogen) atoms. The monoisotopic (exact) mass is 407 g/mol. The molecule has 1 heterocycles. The Morgan fingerprint density at radius 1 is 1.18 bits per heavy atom. The zero-order valence-electron chi connectivity index (χ0n) is 15.3. The number of rotatable bonds is 4. The molecular weight excluding hydrogens is 392 g/mol. The van der Waals surface area contributed by atoms with Crippen LogP contribution in [0.5, 0.6) is 0 Å². The van der Waals surface area contributed by atoms with E-state index in [0.29, 0.717) is 21.6 Å². The molecule has 0 spiro atoms. The highest BCUT2D eigenvalue weighted by Gasteiger charge is 2.34. The Kier molecular flexibility index (Phi) is 5.38. The van der Waals surface area contributed by atoms with E-state index in [1.54, 1.807) is 25.1 Å².